The van der Waals surface area contributed by atoms with Gasteiger partial charge in [0.25, 0.3) is 5.91 Å². The maximum absolute atomic E-state index is 14.6. The number of alkyl halides is 3. The summed E-state index contributed by atoms with van der Waals surface area (Å²) in [5.41, 5.74) is 0.661. The minimum absolute atomic E-state index is 0.130. The summed E-state index contributed by atoms with van der Waals surface area (Å²) in [5, 5.41) is 5.13. The highest BCUT2D eigenvalue weighted by molar-refractivity contribution is 7.91. The van der Waals surface area contributed by atoms with E-state index in [1.807, 2.05) is 44.2 Å². The predicted molar refractivity (Wildman–Crippen MR) is 200 cm³/mol. The van der Waals surface area contributed by atoms with Gasteiger partial charge in [0.1, 0.15) is 29.5 Å². The third-order valence-electron chi connectivity index (χ3n) is 10.8. The van der Waals surface area contributed by atoms with Crippen LogP contribution in [0.1, 0.15) is 83.4 Å². The molecule has 3 N–H and O–H groups in total. The summed E-state index contributed by atoms with van der Waals surface area (Å²) in [6.07, 6.45) is -1.30. The average molecular weight is 804 g/mol. The van der Waals surface area contributed by atoms with Gasteiger partial charge in [0.2, 0.25) is 21.8 Å². The molecule has 13 nitrogen and oxygen atoms in total. The summed E-state index contributed by atoms with van der Waals surface area (Å²) in [7, 11) is -3.93. The van der Waals surface area contributed by atoms with Crippen molar-refractivity contribution in [1.82, 2.24) is 19.8 Å². The molecule has 4 amide bonds. The molecule has 2 heterocycles. The third-order valence-corrected chi connectivity index (χ3v) is 12.6. The number of carbonyl (C=O) groups excluding carboxylic acids is 4. The lowest BCUT2D eigenvalue weighted by Gasteiger charge is -2.36. The van der Waals surface area contributed by atoms with E-state index in [1.54, 1.807) is 20.8 Å². The molecule has 2 aliphatic carbocycles. The van der Waals surface area contributed by atoms with Crippen LogP contribution in [-0.2, 0) is 42.2 Å². The van der Waals surface area contributed by atoms with Crippen LogP contribution in [0.25, 0.3) is 6.08 Å². The van der Waals surface area contributed by atoms with Crippen molar-refractivity contribution in [3.05, 3.63) is 65.2 Å². The standard InChI is InChI=1S/C39H48F3N5O8S/c1-6-10-23-11-8-12-24-20-46(22-30(23)24)36(51)54-28-18-31(33(48)44-38(19-25(38)7-2)35(50)45-56(52,53)29-15-16-29)47(21-28)34(49)32(37(3,4)5)43-26-13-9-14-27(17-26)55-39(40,41)42/h6,8-14,17,25,28-29,31-32,43H,7,15-16,18-22H2,1-5H3,(H,44,48)(H,45,50). The number of carbonyl (C=O) groups is 4. The summed E-state index contributed by atoms with van der Waals surface area (Å²) in [6, 6.07) is 8.45. The van der Waals surface area contributed by atoms with Crippen LogP contribution in [0, 0.1) is 11.3 Å². The molecule has 2 aliphatic heterocycles. The molecule has 56 heavy (non-hydrogen) atoms. The van der Waals surface area contributed by atoms with Gasteiger partial charge in [0.05, 0.1) is 18.3 Å². The Hall–Kier alpha value is -4.80. The zero-order valence-corrected chi connectivity index (χ0v) is 32.8. The van der Waals surface area contributed by atoms with Crippen LogP contribution in [0.2, 0.25) is 0 Å². The molecular formula is C39H48F3N5O8S. The SMILES string of the molecule is CC=Cc1cccc2c1CN(C(=O)OC1CC(C(=O)NC3(C(=O)NS(=O)(=O)C4CC4)CC3CC)N(C(=O)C(Nc3cccc(OC(F)(F)F)c3)C(C)(C)C)C1)C2. The Kier molecular flexibility index (Phi) is 11.1. The number of sulfonamides is 1. The van der Waals surface area contributed by atoms with Crippen LogP contribution in [-0.4, -0.2) is 83.9 Å². The first-order valence-electron chi connectivity index (χ1n) is 18.7. The highest BCUT2D eigenvalue weighted by Crippen LogP contribution is 2.47. The molecule has 2 aromatic rings. The lowest BCUT2D eigenvalue weighted by Crippen LogP contribution is -2.58. The third kappa shape index (κ3) is 8.92. The van der Waals surface area contributed by atoms with Gasteiger partial charge < -0.3 is 25.0 Å². The fraction of sp³-hybridized carbons (Fsp3) is 0.538. The fourth-order valence-corrected chi connectivity index (χ4v) is 8.93. The molecule has 1 saturated heterocycles. The van der Waals surface area contributed by atoms with Crippen molar-refractivity contribution in [2.45, 2.75) is 115 Å². The first-order chi connectivity index (χ1) is 26.2. The number of rotatable bonds is 12. The lowest BCUT2D eigenvalue weighted by molar-refractivity contribution is -0.274. The van der Waals surface area contributed by atoms with Gasteiger partial charge in [0.15, 0.2) is 0 Å². The van der Waals surface area contributed by atoms with E-state index in [0.717, 1.165) is 28.8 Å². The quantitative estimate of drug-likeness (QED) is 0.253. The number of ether oxygens (including phenoxy) is 2. The number of hydrogen-bond acceptors (Lipinski definition) is 9. The van der Waals surface area contributed by atoms with Gasteiger partial charge in [0, 0.05) is 24.7 Å². The molecule has 0 radical (unpaired) electrons. The molecule has 304 valence electrons. The first-order valence-corrected chi connectivity index (χ1v) is 20.3. The van der Waals surface area contributed by atoms with Crippen molar-refractivity contribution in [3.8, 4) is 5.75 Å². The molecular weight excluding hydrogens is 756 g/mol. The molecule has 5 unspecified atom stereocenters. The molecule has 2 saturated carbocycles. The number of halogens is 3. The molecule has 0 bridgehead atoms. The number of fused-ring (bicyclic) bond motifs is 1. The Morgan fingerprint density at radius 3 is 2.39 bits per heavy atom. The summed E-state index contributed by atoms with van der Waals surface area (Å²) < 4.78 is 76.7. The van der Waals surface area contributed by atoms with E-state index < -0.39 is 80.3 Å². The van der Waals surface area contributed by atoms with Crippen molar-refractivity contribution >= 4 is 45.6 Å². The molecule has 0 spiro atoms. The van der Waals surface area contributed by atoms with Crippen LogP contribution in [0.3, 0.4) is 0 Å². The number of allylic oxidation sites excluding steroid dienone is 1. The molecule has 2 aromatic carbocycles. The molecule has 6 rings (SSSR count). The van der Waals surface area contributed by atoms with Crippen LogP contribution < -0.4 is 20.1 Å². The van der Waals surface area contributed by atoms with Gasteiger partial charge in [-0.2, -0.15) is 0 Å². The van der Waals surface area contributed by atoms with Gasteiger partial charge >= 0.3 is 12.5 Å². The van der Waals surface area contributed by atoms with E-state index in [0.29, 0.717) is 32.4 Å². The lowest BCUT2D eigenvalue weighted by atomic mass is 9.85. The number of amides is 4. The number of benzene rings is 2. The number of anilines is 1. The average Bonchev–Trinajstić information content (AvgIpc) is 4.00. The zero-order valence-electron chi connectivity index (χ0n) is 31.9. The molecule has 0 aromatic heterocycles. The Bertz CT molecular complexity index is 2010. The van der Waals surface area contributed by atoms with Gasteiger partial charge in [-0.15, -0.1) is 13.2 Å². The Morgan fingerprint density at radius 2 is 1.77 bits per heavy atom. The van der Waals surface area contributed by atoms with Crippen LogP contribution in [0.5, 0.6) is 5.75 Å². The second-order valence-corrected chi connectivity index (χ2v) is 18.0. The van der Waals surface area contributed by atoms with Gasteiger partial charge in [-0.1, -0.05) is 70.5 Å². The zero-order chi connectivity index (χ0) is 40.8. The van der Waals surface area contributed by atoms with Crippen molar-refractivity contribution in [3.63, 3.8) is 0 Å². The van der Waals surface area contributed by atoms with Crippen LogP contribution in [0.4, 0.5) is 23.7 Å². The molecule has 4 aliphatic rings. The molecule has 5 atom stereocenters. The van der Waals surface area contributed by atoms with Crippen LogP contribution >= 0.6 is 0 Å². The number of nitrogens with one attached hydrogen (secondary N) is 3. The van der Waals surface area contributed by atoms with Crippen molar-refractivity contribution in [1.29, 1.82) is 0 Å². The Balaban J connectivity index is 1.25. The predicted octanol–water partition coefficient (Wildman–Crippen LogP) is 5.46. The summed E-state index contributed by atoms with van der Waals surface area (Å²) in [4.78, 5) is 58.9. The van der Waals surface area contributed by atoms with E-state index >= 15 is 0 Å². The van der Waals surface area contributed by atoms with E-state index in [2.05, 4.69) is 20.1 Å². The second kappa shape index (κ2) is 15.3. The van der Waals surface area contributed by atoms with Crippen LogP contribution in [0.15, 0.2) is 48.5 Å². The van der Waals surface area contributed by atoms with E-state index in [1.165, 1.54) is 21.9 Å². The van der Waals surface area contributed by atoms with E-state index in [9.17, 15) is 40.8 Å². The van der Waals surface area contributed by atoms with Crippen molar-refractivity contribution in [2.75, 3.05) is 11.9 Å². The normalized spacial score (nSPS) is 24.0. The topological polar surface area (TPSA) is 163 Å². The van der Waals surface area contributed by atoms with Crippen molar-refractivity contribution < 1.29 is 50.2 Å². The summed E-state index contributed by atoms with van der Waals surface area (Å²) in [5.74, 6) is -3.05. The van der Waals surface area contributed by atoms with Crippen molar-refractivity contribution in [2.24, 2.45) is 11.3 Å². The van der Waals surface area contributed by atoms with Gasteiger partial charge in [-0.05, 0) is 66.3 Å². The largest absolute Gasteiger partial charge is 0.573 e. The Labute approximate surface area is 324 Å². The van der Waals surface area contributed by atoms with Gasteiger partial charge in [-0.3, -0.25) is 24.0 Å². The Morgan fingerprint density at radius 1 is 1.05 bits per heavy atom. The highest BCUT2D eigenvalue weighted by atomic mass is 32.2. The number of hydrogen-bond donors (Lipinski definition) is 3. The minimum Gasteiger partial charge on any atom is -0.444 e. The molecule has 17 heteroatoms. The first kappa shape index (κ1) is 40.9. The van der Waals surface area contributed by atoms with Gasteiger partial charge in [-0.25, -0.2) is 13.2 Å². The fourth-order valence-electron chi connectivity index (χ4n) is 7.56. The highest BCUT2D eigenvalue weighted by Gasteiger charge is 2.62. The maximum atomic E-state index is 14.6. The number of nitrogens with zero attached hydrogens (tertiary/aromatic N) is 2. The monoisotopic (exact) mass is 803 g/mol. The smallest absolute Gasteiger partial charge is 0.444 e. The maximum Gasteiger partial charge on any atom is 0.573 e. The van der Waals surface area contributed by atoms with E-state index in [4.69, 9.17) is 4.74 Å². The summed E-state index contributed by atoms with van der Waals surface area (Å²) in [6.45, 7) is 9.32. The molecule has 3 fully saturated rings. The van der Waals surface area contributed by atoms with E-state index in [-0.39, 0.29) is 31.0 Å². The number of likely N-dealkylation sites (tertiary alicyclic amines) is 1. The minimum atomic E-state index is -4.94. The second-order valence-electron chi connectivity index (χ2n) is 16.1. The summed E-state index contributed by atoms with van der Waals surface area (Å²) >= 11 is 0.